The fourth-order valence-corrected chi connectivity index (χ4v) is 18.9. The van der Waals surface area contributed by atoms with Crippen LogP contribution < -0.4 is 0 Å². The zero-order valence-electron chi connectivity index (χ0n) is 35.1. The van der Waals surface area contributed by atoms with Gasteiger partial charge < -0.3 is 19.7 Å². The monoisotopic (exact) mass is 790 g/mol. The van der Waals surface area contributed by atoms with Gasteiger partial charge in [0.15, 0.2) is 5.78 Å². The molecule has 1 spiro atoms. The van der Waals surface area contributed by atoms with Crippen LogP contribution in [0.15, 0.2) is 23.8 Å². The van der Waals surface area contributed by atoms with Crippen molar-refractivity contribution in [2.75, 3.05) is 6.61 Å². The lowest BCUT2D eigenvalue weighted by atomic mass is 9.42. The van der Waals surface area contributed by atoms with Crippen LogP contribution in [0, 0.1) is 116 Å². The lowest BCUT2D eigenvalue weighted by Gasteiger charge is -2.63. The molecule has 13 aliphatic rings. The molecule has 2 N–H and O–H groups in total. The van der Waals surface area contributed by atoms with Crippen LogP contribution in [-0.4, -0.2) is 57.1 Å². The normalized spacial score (nSPS) is 59.5. The van der Waals surface area contributed by atoms with Crippen molar-refractivity contribution in [2.24, 2.45) is 105 Å². The average Bonchev–Trinajstić information content (AvgIpc) is 4.01. The van der Waals surface area contributed by atoms with E-state index in [1.807, 2.05) is 0 Å². The number of hydrogen-bond donors (Lipinski definition) is 2. The van der Waals surface area contributed by atoms with Gasteiger partial charge in [-0.15, -0.1) is 0 Å². The molecule has 0 saturated heterocycles. The molecule has 58 heavy (non-hydrogen) atoms. The van der Waals surface area contributed by atoms with Gasteiger partial charge in [-0.2, -0.15) is 0 Å². The maximum atomic E-state index is 12.3. The summed E-state index contributed by atoms with van der Waals surface area (Å²) in [6.07, 6.45) is 18.1. The third-order valence-electron chi connectivity index (χ3n) is 21.6. The number of fused-ring (bicyclic) bond motifs is 22. The fourth-order valence-electron chi connectivity index (χ4n) is 18.9. The first-order valence-electron chi connectivity index (χ1n) is 23.3. The average molecular weight is 791 g/mol. The lowest BCUT2D eigenvalue weighted by Crippen LogP contribution is -2.65. The Labute approximate surface area is 343 Å². The van der Waals surface area contributed by atoms with Gasteiger partial charge >= 0.3 is 11.9 Å². The van der Waals surface area contributed by atoms with Crippen molar-refractivity contribution >= 4 is 23.5 Å². The van der Waals surface area contributed by atoms with Crippen LogP contribution in [0.25, 0.3) is 0 Å². The van der Waals surface area contributed by atoms with Gasteiger partial charge in [0.05, 0.1) is 12.2 Å². The van der Waals surface area contributed by atoms with Gasteiger partial charge in [-0.3, -0.25) is 9.59 Å². The Morgan fingerprint density at radius 2 is 1.48 bits per heavy atom. The van der Waals surface area contributed by atoms with Crippen LogP contribution in [0.3, 0.4) is 0 Å². The minimum absolute atomic E-state index is 0.111. The molecule has 0 aromatic carbocycles. The third kappa shape index (κ3) is 4.23. The van der Waals surface area contributed by atoms with Gasteiger partial charge in [0.1, 0.15) is 17.0 Å². The van der Waals surface area contributed by atoms with E-state index < -0.39 is 17.2 Å². The SMILES string of the molecule is CCOC(=O)C#C[C@]1(O)[C@H]2C[C@H]2C2C3C(CC[C@@]21C)[C@@]1(C)CCC(=O)C[C@@]1(O)[C@@H]1C[C@H]31.C[C@]12CCC(=O)C=C1[C@@H]1C[C@@H]1C1C2CC[C@@]2(C)C1[C@@H]1C[C@@H]1[C@@]21C=CC(=O)O1. The summed E-state index contributed by atoms with van der Waals surface area (Å²) in [4.78, 5) is 48.4. The van der Waals surface area contributed by atoms with E-state index in [-0.39, 0.29) is 57.5 Å². The summed E-state index contributed by atoms with van der Waals surface area (Å²) in [5.74, 6) is 13.0. The summed E-state index contributed by atoms with van der Waals surface area (Å²) < 4.78 is 11.1. The van der Waals surface area contributed by atoms with Crippen molar-refractivity contribution in [1.82, 2.24) is 0 Å². The number of aliphatic hydroxyl groups is 2. The lowest BCUT2D eigenvalue weighted by molar-refractivity contribution is -0.218. The summed E-state index contributed by atoms with van der Waals surface area (Å²) in [5.41, 5.74) is -0.975. The number of allylic oxidation sites excluding steroid dienone is 1. The predicted molar refractivity (Wildman–Crippen MR) is 212 cm³/mol. The zero-order valence-corrected chi connectivity index (χ0v) is 35.1. The van der Waals surface area contributed by atoms with Crippen molar-refractivity contribution in [3.8, 4) is 11.8 Å². The van der Waals surface area contributed by atoms with Crippen molar-refractivity contribution in [3.05, 3.63) is 23.8 Å². The van der Waals surface area contributed by atoms with Crippen molar-refractivity contribution in [3.63, 3.8) is 0 Å². The highest BCUT2D eigenvalue weighted by molar-refractivity contribution is 5.92. The smallest absolute Gasteiger partial charge is 0.384 e. The number of ketones is 2. The number of Topliss-reactive ketones (excluding diaryl/α,β-unsaturated/α-hetero) is 1. The molecule has 0 aromatic rings. The Kier molecular flexibility index (Phi) is 7.14. The molecule has 0 aromatic heterocycles. The highest BCUT2D eigenvalue weighted by Crippen LogP contribution is 2.83. The summed E-state index contributed by atoms with van der Waals surface area (Å²) in [5, 5.41) is 23.7. The summed E-state index contributed by atoms with van der Waals surface area (Å²) in [7, 11) is 0. The second-order valence-electron chi connectivity index (χ2n) is 23.2. The predicted octanol–water partition coefficient (Wildman–Crippen LogP) is 6.80. The number of carbonyl (C=O) groups is 4. The van der Waals surface area contributed by atoms with E-state index in [1.54, 1.807) is 13.0 Å². The van der Waals surface area contributed by atoms with Crippen LogP contribution in [-0.2, 0) is 28.7 Å². The number of esters is 2. The van der Waals surface area contributed by atoms with Crippen LogP contribution in [0.5, 0.6) is 0 Å². The summed E-state index contributed by atoms with van der Waals surface area (Å²) in [6.45, 7) is 11.4. The number of ether oxygens (including phenoxy) is 2. The maximum Gasteiger partial charge on any atom is 0.384 e. The Morgan fingerprint density at radius 3 is 2.24 bits per heavy atom. The Morgan fingerprint density at radius 1 is 0.793 bits per heavy atom. The molecule has 0 bridgehead atoms. The minimum Gasteiger partial charge on any atom is -0.456 e. The number of carbonyl (C=O) groups excluding carboxylic acids is 4. The van der Waals surface area contributed by atoms with E-state index in [9.17, 15) is 29.4 Å². The van der Waals surface area contributed by atoms with E-state index in [2.05, 4.69) is 51.7 Å². The fraction of sp³-hybridized carbons (Fsp3) is 0.800. The molecule has 12 aliphatic carbocycles. The zero-order chi connectivity index (χ0) is 40.3. The molecule has 8 heteroatoms. The molecule has 1 heterocycles. The van der Waals surface area contributed by atoms with Crippen molar-refractivity contribution in [1.29, 1.82) is 0 Å². The third-order valence-corrected chi connectivity index (χ3v) is 21.6. The first-order chi connectivity index (χ1) is 27.5. The number of rotatable bonds is 1. The molecule has 0 amide bonds. The Hall–Kier alpha value is -2.76. The van der Waals surface area contributed by atoms with Gasteiger partial charge in [0.25, 0.3) is 0 Å². The molecular weight excluding hydrogens is 729 g/mol. The molecule has 21 atom stereocenters. The molecule has 11 fully saturated rings. The van der Waals surface area contributed by atoms with E-state index in [4.69, 9.17) is 9.47 Å². The second kappa shape index (κ2) is 11.2. The standard InChI is InChI=1S/C26H34O5.C24H28O3/c1-4-31-20(28)7-10-25(29)19-12-16(19)22-21-15-11-18(15)26(30)13-14(27)5-8-23(26,2)17(21)6-9-24(22,25)3;1-22-6-3-12(25)9-17(22)13-10-14(13)20-16(22)4-7-23(2)21(20)15-11-18(15)24(23)8-5-19(26)27-24/h15-19,21-22,29-30H,4-6,8-9,11-13H2,1-3H3;5,8-9,13-16,18,20-21H,3-4,6-7,10-11H2,1-2H3/t15-,16+,17?,18+,19-,21?,22?,23+,24-,25-,26+;13-,14+,15-,16?,18+,20?,21?,22-,23+,24+/m01/s1. The molecule has 310 valence electrons. The van der Waals surface area contributed by atoms with Gasteiger partial charge in [0, 0.05) is 59.3 Å². The van der Waals surface area contributed by atoms with Crippen LogP contribution >= 0.6 is 0 Å². The highest BCUT2D eigenvalue weighted by Gasteiger charge is 2.82. The van der Waals surface area contributed by atoms with Gasteiger partial charge in [0.2, 0.25) is 0 Å². The van der Waals surface area contributed by atoms with Gasteiger partial charge in [-0.25, -0.2) is 9.59 Å². The Balaban J connectivity index is 0.000000127. The Bertz CT molecular complexity index is 2090. The van der Waals surface area contributed by atoms with Crippen molar-refractivity contribution < 1.29 is 38.9 Å². The van der Waals surface area contributed by atoms with E-state index in [0.717, 1.165) is 75.0 Å². The maximum absolute atomic E-state index is 12.3. The molecule has 11 saturated carbocycles. The van der Waals surface area contributed by atoms with Gasteiger partial charge in [-0.1, -0.05) is 39.2 Å². The van der Waals surface area contributed by atoms with E-state index in [1.165, 1.54) is 24.8 Å². The number of hydrogen-bond acceptors (Lipinski definition) is 8. The van der Waals surface area contributed by atoms with E-state index in [0.29, 0.717) is 66.0 Å². The first kappa shape index (κ1) is 37.0. The topological polar surface area (TPSA) is 127 Å². The largest absolute Gasteiger partial charge is 0.456 e. The first-order valence-corrected chi connectivity index (χ1v) is 23.3. The minimum atomic E-state index is -1.14. The van der Waals surface area contributed by atoms with E-state index >= 15 is 0 Å². The van der Waals surface area contributed by atoms with Crippen LogP contribution in [0.2, 0.25) is 0 Å². The molecule has 13 rings (SSSR count). The molecule has 0 radical (unpaired) electrons. The molecule has 1 aliphatic heterocycles. The van der Waals surface area contributed by atoms with Gasteiger partial charge in [-0.05, 0) is 160 Å². The van der Waals surface area contributed by atoms with Crippen LogP contribution in [0.4, 0.5) is 0 Å². The quantitative estimate of drug-likeness (QED) is 0.169. The van der Waals surface area contributed by atoms with Crippen LogP contribution in [0.1, 0.15) is 118 Å². The highest BCUT2D eigenvalue weighted by atomic mass is 16.6. The van der Waals surface area contributed by atoms with Crippen molar-refractivity contribution in [2.45, 2.75) is 135 Å². The molecular formula is C50H62O8. The molecule has 8 nitrogen and oxygen atoms in total. The molecule has 6 unspecified atom stereocenters. The summed E-state index contributed by atoms with van der Waals surface area (Å²) in [6, 6.07) is 0. The second-order valence-corrected chi connectivity index (χ2v) is 23.2. The summed E-state index contributed by atoms with van der Waals surface area (Å²) >= 11 is 0.